The summed E-state index contributed by atoms with van der Waals surface area (Å²) >= 11 is 1.12. The van der Waals surface area contributed by atoms with E-state index in [0.29, 0.717) is 47.6 Å². The molecule has 2 bridgehead atoms. The largest absolute Gasteiger partial charge is 0.496 e. The van der Waals surface area contributed by atoms with Crippen LogP contribution in [-0.2, 0) is 36.2 Å². The van der Waals surface area contributed by atoms with Gasteiger partial charge in [0.05, 0.1) is 54.5 Å². The van der Waals surface area contributed by atoms with Crippen LogP contribution >= 0.6 is 11.3 Å². The van der Waals surface area contributed by atoms with Crippen LogP contribution in [0, 0.1) is 12.7 Å². The highest BCUT2D eigenvalue weighted by atomic mass is 32.2. The molecule has 0 amide bonds. The third-order valence-corrected chi connectivity index (χ3v) is 14.4. The highest BCUT2D eigenvalue weighted by Gasteiger charge is 2.52. The van der Waals surface area contributed by atoms with E-state index < -0.39 is 54.8 Å². The second-order valence-electron chi connectivity index (χ2n) is 14.3. The smallest absolute Gasteiger partial charge is 0.333 e. The Balaban J connectivity index is 1.40. The molecule has 4 aromatic rings. The number of aromatic nitrogens is 5. The highest BCUT2D eigenvalue weighted by Crippen LogP contribution is 2.44. The van der Waals surface area contributed by atoms with Crippen molar-refractivity contribution in [2.75, 3.05) is 12.9 Å². The predicted octanol–water partition coefficient (Wildman–Crippen LogP) is 4.00. The normalized spacial score (nSPS) is 22.2. The third-order valence-electron chi connectivity index (χ3n) is 10.5. The fourth-order valence-corrected chi connectivity index (χ4v) is 10.1. The standard InChI is InChI=1S/C34H40FN5O8S2/c1-19-28-29(42)39(33(2,3)27(41)18-50(44,45)34(4)10-11-34)32(43)38(31(28)49-30(19)40-36-12-13-37-40)17-26(24-14-20(35)6-9-25(24)46-5)48-23-15-21-7-8-22(16-23)47-21/h6,9,12-14,21-23,26H,7-8,10-11,15-18H2,1-5H3/t21-,22+,23?,26-/m0/s1. The zero-order valence-corrected chi connectivity index (χ0v) is 30.2. The minimum Gasteiger partial charge on any atom is -0.496 e. The number of nitrogens with zero attached hydrogens (tertiary/aromatic N) is 5. The Morgan fingerprint density at radius 3 is 2.44 bits per heavy atom. The fourth-order valence-electron chi connectivity index (χ4n) is 7.13. The molecule has 3 aliphatic rings. The number of carbonyl (C=O) groups is 1. The van der Waals surface area contributed by atoms with Crippen LogP contribution in [-0.4, -0.2) is 74.3 Å². The topological polar surface area (TPSA) is 154 Å². The Labute approximate surface area is 291 Å². The number of fused-ring (bicyclic) bond motifs is 3. The van der Waals surface area contributed by atoms with E-state index in [2.05, 4.69) is 10.2 Å². The summed E-state index contributed by atoms with van der Waals surface area (Å²) in [6, 6.07) is 4.08. The van der Waals surface area contributed by atoms with Crippen LogP contribution in [0.25, 0.3) is 15.2 Å². The van der Waals surface area contributed by atoms with Gasteiger partial charge in [-0.25, -0.2) is 22.2 Å². The number of methoxy groups -OCH3 is 1. The van der Waals surface area contributed by atoms with Crippen LogP contribution in [0.1, 0.15) is 76.5 Å². The number of thiophene rings is 1. The summed E-state index contributed by atoms with van der Waals surface area (Å²) in [5.41, 5.74) is -2.60. The van der Waals surface area contributed by atoms with Crippen molar-refractivity contribution in [3.05, 3.63) is 68.4 Å². The zero-order valence-electron chi connectivity index (χ0n) is 28.5. The van der Waals surface area contributed by atoms with E-state index in [4.69, 9.17) is 14.2 Å². The maximum absolute atomic E-state index is 14.9. The van der Waals surface area contributed by atoms with Gasteiger partial charge in [-0.3, -0.25) is 14.2 Å². The molecule has 7 rings (SSSR count). The van der Waals surface area contributed by atoms with Gasteiger partial charge >= 0.3 is 5.69 Å². The Morgan fingerprint density at radius 1 is 1.16 bits per heavy atom. The van der Waals surface area contributed by atoms with Crippen LogP contribution in [0.2, 0.25) is 0 Å². The summed E-state index contributed by atoms with van der Waals surface area (Å²) in [5.74, 6) is -1.78. The first-order valence-electron chi connectivity index (χ1n) is 16.7. The molecule has 5 heterocycles. The molecule has 0 spiro atoms. The number of Topliss-reactive ketones (excluding diaryl/α,β-unsaturated/α-hetero) is 1. The number of ketones is 1. The number of halogens is 1. The van der Waals surface area contributed by atoms with Crippen LogP contribution < -0.4 is 16.0 Å². The van der Waals surface area contributed by atoms with Gasteiger partial charge in [0.1, 0.15) is 38.8 Å². The number of carbonyl (C=O) groups excluding carboxylic acids is 1. The lowest BCUT2D eigenvalue weighted by Gasteiger charge is -2.33. The molecular weight excluding hydrogens is 690 g/mol. The Kier molecular flexibility index (Phi) is 8.67. The summed E-state index contributed by atoms with van der Waals surface area (Å²) in [4.78, 5) is 44.7. The maximum atomic E-state index is 14.9. The Hall–Kier alpha value is -3.73. The van der Waals surface area contributed by atoms with E-state index >= 15 is 0 Å². The third kappa shape index (κ3) is 5.93. The van der Waals surface area contributed by atoms with E-state index in [0.717, 1.165) is 28.7 Å². The van der Waals surface area contributed by atoms with Crippen LogP contribution in [0.3, 0.4) is 0 Å². The van der Waals surface area contributed by atoms with Crippen molar-refractivity contribution in [2.45, 2.75) is 107 Å². The van der Waals surface area contributed by atoms with E-state index in [-0.39, 0.29) is 35.1 Å². The zero-order chi connectivity index (χ0) is 35.7. The van der Waals surface area contributed by atoms with Crippen molar-refractivity contribution in [1.82, 2.24) is 24.1 Å². The number of aryl methyl sites for hydroxylation is 1. The molecule has 13 nitrogen and oxygen atoms in total. The molecule has 16 heteroatoms. The molecule has 1 unspecified atom stereocenters. The van der Waals surface area contributed by atoms with Crippen molar-refractivity contribution < 1.29 is 31.8 Å². The van der Waals surface area contributed by atoms with Gasteiger partial charge in [0, 0.05) is 11.1 Å². The number of ether oxygens (including phenoxy) is 3. The van der Waals surface area contributed by atoms with Gasteiger partial charge in [-0.1, -0.05) is 11.3 Å². The molecule has 0 radical (unpaired) electrons. The highest BCUT2D eigenvalue weighted by molar-refractivity contribution is 7.93. The molecule has 50 heavy (non-hydrogen) atoms. The maximum Gasteiger partial charge on any atom is 0.333 e. The monoisotopic (exact) mass is 729 g/mol. The van der Waals surface area contributed by atoms with Crippen molar-refractivity contribution in [3.63, 3.8) is 0 Å². The summed E-state index contributed by atoms with van der Waals surface area (Å²) in [6.07, 6.45) is 5.81. The quantitative estimate of drug-likeness (QED) is 0.209. The van der Waals surface area contributed by atoms with E-state index in [1.165, 1.54) is 60.9 Å². The first-order chi connectivity index (χ1) is 23.6. The molecular formula is C34H40FN5O8S2. The van der Waals surface area contributed by atoms with Gasteiger partial charge in [0.15, 0.2) is 15.6 Å². The molecule has 2 aliphatic heterocycles. The van der Waals surface area contributed by atoms with Gasteiger partial charge in [-0.15, -0.1) is 4.80 Å². The van der Waals surface area contributed by atoms with Crippen molar-refractivity contribution in [3.8, 4) is 10.8 Å². The van der Waals surface area contributed by atoms with Gasteiger partial charge < -0.3 is 14.2 Å². The van der Waals surface area contributed by atoms with Crippen molar-refractivity contribution in [2.24, 2.45) is 0 Å². The molecule has 1 aromatic carbocycles. The molecule has 0 N–H and O–H groups in total. The number of hydrogen-bond donors (Lipinski definition) is 0. The summed E-state index contributed by atoms with van der Waals surface area (Å²) in [6.45, 7) is 5.88. The molecule has 4 atom stereocenters. The van der Waals surface area contributed by atoms with Gasteiger partial charge in [0.25, 0.3) is 5.56 Å². The van der Waals surface area contributed by atoms with Crippen LogP contribution in [0.4, 0.5) is 4.39 Å². The summed E-state index contributed by atoms with van der Waals surface area (Å²) in [7, 11) is -2.39. The number of benzene rings is 1. The second kappa shape index (κ2) is 12.5. The number of sulfone groups is 1. The summed E-state index contributed by atoms with van der Waals surface area (Å²) < 4.78 is 60.9. The Bertz CT molecular complexity index is 2190. The van der Waals surface area contributed by atoms with E-state index in [1.807, 2.05) is 0 Å². The van der Waals surface area contributed by atoms with Gasteiger partial charge in [-0.2, -0.15) is 10.2 Å². The number of rotatable bonds is 12. The van der Waals surface area contributed by atoms with Crippen molar-refractivity contribution >= 4 is 37.2 Å². The van der Waals surface area contributed by atoms with Crippen LogP contribution in [0.5, 0.6) is 5.75 Å². The molecule has 2 saturated heterocycles. The lowest BCUT2D eigenvalue weighted by Crippen LogP contribution is -2.54. The summed E-state index contributed by atoms with van der Waals surface area (Å²) in [5, 5.41) is 9.09. The van der Waals surface area contributed by atoms with Crippen molar-refractivity contribution in [1.29, 1.82) is 0 Å². The SMILES string of the molecule is COc1ccc(F)cc1[C@H](Cn1c(=O)n(C(C)(C)C(=O)CS(=O)(=O)C2(C)CC2)c(=O)c2c(C)c(-n3nccn3)sc21)OC1C[C@H]2CC[C@@H](C1)O2. The number of hydrogen-bond acceptors (Lipinski definition) is 11. The minimum atomic E-state index is -3.85. The second-order valence-corrected chi connectivity index (χ2v) is 17.8. The Morgan fingerprint density at radius 2 is 1.82 bits per heavy atom. The lowest BCUT2D eigenvalue weighted by molar-refractivity contribution is -0.123. The first kappa shape index (κ1) is 34.7. The average molecular weight is 730 g/mol. The predicted molar refractivity (Wildman–Crippen MR) is 183 cm³/mol. The minimum absolute atomic E-state index is 0.0372. The van der Waals surface area contributed by atoms with Crippen LogP contribution in [0.15, 0.2) is 40.2 Å². The molecule has 1 aliphatic carbocycles. The van der Waals surface area contributed by atoms with Gasteiger partial charge in [-0.05, 0) is 84.4 Å². The molecule has 268 valence electrons. The molecule has 1 saturated carbocycles. The molecule has 3 fully saturated rings. The van der Waals surface area contributed by atoms with E-state index in [1.54, 1.807) is 13.8 Å². The fraction of sp³-hybridized carbons (Fsp3) is 0.559. The first-order valence-corrected chi connectivity index (χ1v) is 19.2. The average Bonchev–Trinajstić information content (AvgIpc) is 3.35. The van der Waals surface area contributed by atoms with Gasteiger partial charge in [0.2, 0.25) is 0 Å². The van der Waals surface area contributed by atoms with E-state index in [9.17, 15) is 27.2 Å². The molecule has 3 aromatic heterocycles. The lowest BCUT2D eigenvalue weighted by atomic mass is 9.99.